The van der Waals surface area contributed by atoms with E-state index in [1.165, 1.54) is 0 Å². The molecule has 0 aromatic carbocycles. The maximum absolute atomic E-state index is 9.95. The minimum Gasteiger partial charge on any atom is -0.481 e. The van der Waals surface area contributed by atoms with Crippen LogP contribution in [-0.4, -0.2) is 31.7 Å². The van der Waals surface area contributed by atoms with Crippen molar-refractivity contribution in [1.29, 1.82) is 0 Å². The highest BCUT2D eigenvalue weighted by Crippen LogP contribution is 1.83. The van der Waals surface area contributed by atoms with Gasteiger partial charge in [0, 0.05) is 0 Å². The van der Waals surface area contributed by atoms with Gasteiger partial charge >= 0.3 is 5.97 Å². The molecule has 0 fully saturated rings. The molecule has 0 bridgehead atoms. The van der Waals surface area contributed by atoms with Crippen molar-refractivity contribution in [3.05, 3.63) is 5.82 Å². The SMILES string of the molecule is N.O=C(O)Cc1nnn[nH]1. The number of carboxylic acid groups (broad SMARTS) is 1. The number of hydrogen-bond acceptors (Lipinski definition) is 5. The number of aromatic amines is 1. The number of aromatic nitrogens is 4. The Morgan fingerprint density at radius 2 is 2.40 bits per heavy atom. The Morgan fingerprint density at radius 3 is 2.80 bits per heavy atom. The summed E-state index contributed by atoms with van der Waals surface area (Å²) < 4.78 is 0. The number of aliphatic carboxylic acids is 1. The molecule has 0 aliphatic rings. The predicted molar refractivity (Wildman–Crippen MR) is 30.5 cm³/mol. The van der Waals surface area contributed by atoms with E-state index in [9.17, 15) is 4.79 Å². The molecule has 0 saturated carbocycles. The van der Waals surface area contributed by atoms with Crippen molar-refractivity contribution >= 4 is 5.97 Å². The standard InChI is InChI=1S/C3H4N4O2.H3N/c8-3(9)1-2-4-6-7-5-2;/h1H2,(H,8,9)(H,4,5,6,7);1H3. The zero-order valence-corrected chi connectivity index (χ0v) is 5.11. The minimum absolute atomic E-state index is 0. The van der Waals surface area contributed by atoms with Crippen molar-refractivity contribution in [3.63, 3.8) is 0 Å². The van der Waals surface area contributed by atoms with Crippen LogP contribution in [0.1, 0.15) is 5.82 Å². The lowest BCUT2D eigenvalue weighted by Gasteiger charge is -1.82. The van der Waals surface area contributed by atoms with Crippen molar-refractivity contribution < 1.29 is 9.90 Å². The van der Waals surface area contributed by atoms with Crippen molar-refractivity contribution in [3.8, 4) is 0 Å². The highest BCUT2D eigenvalue weighted by molar-refractivity contribution is 5.68. The first-order valence-corrected chi connectivity index (χ1v) is 2.23. The smallest absolute Gasteiger partial charge is 0.311 e. The molecular formula is C3H7N5O2. The van der Waals surface area contributed by atoms with Crippen LogP contribution < -0.4 is 6.15 Å². The highest BCUT2D eigenvalue weighted by Gasteiger charge is 2.01. The van der Waals surface area contributed by atoms with Gasteiger partial charge in [-0.05, 0) is 10.4 Å². The van der Waals surface area contributed by atoms with Crippen molar-refractivity contribution in [2.45, 2.75) is 6.42 Å². The fourth-order valence-electron chi connectivity index (χ4n) is 0.397. The molecule has 1 aromatic rings. The van der Waals surface area contributed by atoms with Gasteiger partial charge in [-0.3, -0.25) is 4.79 Å². The average Bonchev–Trinajstić information content (AvgIpc) is 2.15. The van der Waals surface area contributed by atoms with E-state index in [-0.39, 0.29) is 18.4 Å². The van der Waals surface area contributed by atoms with Gasteiger partial charge in [0.25, 0.3) is 0 Å². The molecule has 56 valence electrons. The van der Waals surface area contributed by atoms with Crippen molar-refractivity contribution in [2.24, 2.45) is 0 Å². The summed E-state index contributed by atoms with van der Waals surface area (Å²) in [6, 6.07) is 0. The molecule has 0 aliphatic carbocycles. The van der Waals surface area contributed by atoms with Gasteiger partial charge in [-0.2, -0.15) is 0 Å². The molecule has 0 unspecified atom stereocenters. The summed E-state index contributed by atoms with van der Waals surface area (Å²) in [6.07, 6.45) is -0.160. The Hall–Kier alpha value is -1.50. The summed E-state index contributed by atoms with van der Waals surface area (Å²) >= 11 is 0. The molecular weight excluding hydrogens is 138 g/mol. The molecule has 0 spiro atoms. The molecule has 5 N–H and O–H groups in total. The molecule has 1 rings (SSSR count). The Bertz CT molecular complexity index is 195. The first-order valence-electron chi connectivity index (χ1n) is 2.23. The summed E-state index contributed by atoms with van der Waals surface area (Å²) in [7, 11) is 0. The second-order valence-electron chi connectivity index (χ2n) is 1.42. The van der Waals surface area contributed by atoms with Crippen LogP contribution in [0, 0.1) is 0 Å². The third-order valence-corrected chi connectivity index (χ3v) is 0.708. The predicted octanol–water partition coefficient (Wildman–Crippen LogP) is -1.01. The molecule has 0 amide bonds. The number of hydrogen-bond donors (Lipinski definition) is 3. The van der Waals surface area contributed by atoms with Crippen molar-refractivity contribution in [2.75, 3.05) is 0 Å². The van der Waals surface area contributed by atoms with Gasteiger partial charge in [0.1, 0.15) is 6.42 Å². The summed E-state index contributed by atoms with van der Waals surface area (Å²) in [6.45, 7) is 0. The topological polar surface area (TPSA) is 127 Å². The largest absolute Gasteiger partial charge is 0.481 e. The lowest BCUT2D eigenvalue weighted by atomic mass is 10.4. The number of rotatable bonds is 2. The van der Waals surface area contributed by atoms with Gasteiger partial charge in [-0.25, -0.2) is 5.10 Å². The van der Waals surface area contributed by atoms with E-state index in [4.69, 9.17) is 5.11 Å². The lowest BCUT2D eigenvalue weighted by molar-refractivity contribution is -0.136. The van der Waals surface area contributed by atoms with E-state index in [0.29, 0.717) is 0 Å². The molecule has 1 aromatic heterocycles. The Morgan fingerprint density at radius 1 is 1.70 bits per heavy atom. The summed E-state index contributed by atoms with van der Waals surface area (Å²) in [5, 5.41) is 20.2. The van der Waals surface area contributed by atoms with E-state index in [1.807, 2.05) is 0 Å². The van der Waals surface area contributed by atoms with Crippen LogP contribution in [-0.2, 0) is 11.2 Å². The maximum atomic E-state index is 9.95. The zero-order chi connectivity index (χ0) is 6.69. The minimum atomic E-state index is -0.950. The van der Waals surface area contributed by atoms with Gasteiger partial charge < -0.3 is 11.3 Å². The number of nitrogens with one attached hydrogen (secondary N) is 1. The second-order valence-corrected chi connectivity index (χ2v) is 1.42. The quantitative estimate of drug-likeness (QED) is 0.489. The van der Waals surface area contributed by atoms with Crippen LogP contribution in [0.4, 0.5) is 0 Å². The molecule has 0 atom stereocenters. The molecule has 10 heavy (non-hydrogen) atoms. The molecule has 0 radical (unpaired) electrons. The number of carboxylic acids is 1. The van der Waals surface area contributed by atoms with Gasteiger partial charge in [0.2, 0.25) is 0 Å². The van der Waals surface area contributed by atoms with E-state index in [2.05, 4.69) is 20.6 Å². The first-order chi connectivity index (χ1) is 4.29. The van der Waals surface area contributed by atoms with Crippen LogP contribution in [0.15, 0.2) is 0 Å². The normalized spacial score (nSPS) is 8.40. The van der Waals surface area contributed by atoms with Crippen LogP contribution in [0.3, 0.4) is 0 Å². The monoisotopic (exact) mass is 145 g/mol. The van der Waals surface area contributed by atoms with Gasteiger partial charge in [0.15, 0.2) is 5.82 Å². The Kier molecular flexibility index (Phi) is 2.98. The third-order valence-electron chi connectivity index (χ3n) is 0.708. The van der Waals surface area contributed by atoms with Crippen LogP contribution >= 0.6 is 0 Å². The number of H-pyrrole nitrogens is 1. The van der Waals surface area contributed by atoms with Gasteiger partial charge in [-0.15, -0.1) is 5.10 Å². The van der Waals surface area contributed by atoms with E-state index in [1.54, 1.807) is 0 Å². The molecule has 0 saturated heterocycles. The Labute approximate surface area is 56.0 Å². The molecule has 0 aliphatic heterocycles. The van der Waals surface area contributed by atoms with Crippen LogP contribution in [0.25, 0.3) is 0 Å². The third kappa shape index (κ3) is 2.18. The number of tetrazole rings is 1. The number of nitrogens with zero attached hydrogens (tertiary/aromatic N) is 3. The average molecular weight is 145 g/mol. The summed E-state index contributed by atoms with van der Waals surface area (Å²) in [4.78, 5) is 9.95. The molecule has 1 heterocycles. The zero-order valence-electron chi connectivity index (χ0n) is 5.11. The summed E-state index contributed by atoms with van der Waals surface area (Å²) in [5.41, 5.74) is 0. The maximum Gasteiger partial charge on any atom is 0.311 e. The van der Waals surface area contributed by atoms with E-state index < -0.39 is 5.97 Å². The lowest BCUT2D eigenvalue weighted by Crippen LogP contribution is -2.01. The second kappa shape index (κ2) is 3.51. The van der Waals surface area contributed by atoms with Crippen molar-refractivity contribution in [1.82, 2.24) is 26.8 Å². The van der Waals surface area contributed by atoms with Gasteiger partial charge in [-0.1, -0.05) is 0 Å². The van der Waals surface area contributed by atoms with Crippen LogP contribution in [0.5, 0.6) is 0 Å². The highest BCUT2D eigenvalue weighted by atomic mass is 16.4. The number of carbonyl (C=O) groups is 1. The molecule has 7 nitrogen and oxygen atoms in total. The van der Waals surface area contributed by atoms with Gasteiger partial charge in [0.05, 0.1) is 0 Å². The van der Waals surface area contributed by atoms with E-state index >= 15 is 0 Å². The van der Waals surface area contributed by atoms with Crippen LogP contribution in [0.2, 0.25) is 0 Å². The summed E-state index contributed by atoms with van der Waals surface area (Å²) in [5.74, 6) is -0.684. The van der Waals surface area contributed by atoms with E-state index in [0.717, 1.165) is 0 Å². The first kappa shape index (κ1) is 8.50. The fourth-order valence-corrected chi connectivity index (χ4v) is 0.397. The molecule has 7 heteroatoms. The fraction of sp³-hybridized carbons (Fsp3) is 0.333. The Balaban J connectivity index is 0.000000810.